The molecule has 9 heteroatoms. The van der Waals surface area contributed by atoms with Crippen LogP contribution < -0.4 is 4.90 Å². The number of hydrogen-bond acceptors (Lipinski definition) is 7. The molecule has 1 fully saturated rings. The molecule has 34 heavy (non-hydrogen) atoms. The van der Waals surface area contributed by atoms with E-state index in [1.165, 1.54) is 28.0 Å². The number of halogens is 1. The monoisotopic (exact) mass is 475 g/mol. The summed E-state index contributed by atoms with van der Waals surface area (Å²) in [6.07, 6.45) is 1.58. The van der Waals surface area contributed by atoms with Gasteiger partial charge in [-0.1, -0.05) is 41.7 Å². The lowest BCUT2D eigenvalue weighted by atomic mass is 10.0. The number of nitrogens with zero attached hydrogens (tertiary/aromatic N) is 5. The third-order valence-corrected chi connectivity index (χ3v) is 7.25. The van der Waals surface area contributed by atoms with Crippen molar-refractivity contribution >= 4 is 22.0 Å². The van der Waals surface area contributed by atoms with Gasteiger partial charge in [-0.3, -0.25) is 4.90 Å². The van der Waals surface area contributed by atoms with Gasteiger partial charge in [-0.2, -0.15) is 9.50 Å². The summed E-state index contributed by atoms with van der Waals surface area (Å²) in [7, 11) is 0. The molecule has 6 rings (SSSR count). The van der Waals surface area contributed by atoms with E-state index in [-0.39, 0.29) is 17.7 Å². The van der Waals surface area contributed by atoms with Crippen LogP contribution in [0, 0.1) is 5.82 Å². The van der Waals surface area contributed by atoms with Gasteiger partial charge in [0.25, 0.3) is 0 Å². The Labute approximate surface area is 199 Å². The van der Waals surface area contributed by atoms with Gasteiger partial charge >= 0.3 is 0 Å². The van der Waals surface area contributed by atoms with Crippen LogP contribution >= 0.6 is 11.3 Å². The molecule has 4 heterocycles. The average molecular weight is 476 g/mol. The van der Waals surface area contributed by atoms with Crippen LogP contribution in [0.4, 0.5) is 10.1 Å². The van der Waals surface area contributed by atoms with E-state index < -0.39 is 0 Å². The fourth-order valence-corrected chi connectivity index (χ4v) is 5.61. The molecular formula is C25H22FN5O2S. The first-order valence-corrected chi connectivity index (χ1v) is 11.9. The molecule has 2 aromatic carbocycles. The van der Waals surface area contributed by atoms with E-state index in [0.29, 0.717) is 16.5 Å². The van der Waals surface area contributed by atoms with E-state index in [0.717, 1.165) is 42.3 Å². The maximum absolute atomic E-state index is 13.3. The van der Waals surface area contributed by atoms with Crippen molar-refractivity contribution in [3.05, 3.63) is 89.3 Å². The molecule has 1 aliphatic rings. The van der Waals surface area contributed by atoms with Crippen LogP contribution in [0.3, 0.4) is 0 Å². The van der Waals surface area contributed by atoms with Gasteiger partial charge in [0.05, 0.1) is 17.2 Å². The van der Waals surface area contributed by atoms with Gasteiger partial charge in [-0.25, -0.2) is 4.39 Å². The van der Waals surface area contributed by atoms with Crippen molar-refractivity contribution in [1.82, 2.24) is 19.5 Å². The summed E-state index contributed by atoms with van der Waals surface area (Å²) >= 11 is 1.44. The molecular weight excluding hydrogens is 453 g/mol. The summed E-state index contributed by atoms with van der Waals surface area (Å²) in [5, 5.41) is 15.7. The highest BCUT2D eigenvalue weighted by Gasteiger charge is 2.32. The van der Waals surface area contributed by atoms with Gasteiger partial charge < -0.3 is 14.4 Å². The van der Waals surface area contributed by atoms with Crippen LogP contribution in [0.2, 0.25) is 0 Å². The number of benzene rings is 2. The molecule has 5 aromatic rings. The molecule has 1 aliphatic heterocycles. The number of furan rings is 1. The van der Waals surface area contributed by atoms with Gasteiger partial charge in [0, 0.05) is 31.9 Å². The molecule has 0 spiro atoms. The maximum Gasteiger partial charge on any atom is 0.230 e. The van der Waals surface area contributed by atoms with Crippen molar-refractivity contribution < 1.29 is 13.9 Å². The minimum absolute atomic E-state index is 0.0973. The number of thiazole rings is 1. The van der Waals surface area contributed by atoms with Crippen molar-refractivity contribution in [2.75, 3.05) is 31.1 Å². The second-order valence-corrected chi connectivity index (χ2v) is 9.22. The Balaban J connectivity index is 1.32. The quantitative estimate of drug-likeness (QED) is 0.394. The Morgan fingerprint density at radius 1 is 0.941 bits per heavy atom. The molecule has 0 saturated carbocycles. The third kappa shape index (κ3) is 3.72. The molecule has 172 valence electrons. The van der Waals surface area contributed by atoms with E-state index in [4.69, 9.17) is 4.42 Å². The average Bonchev–Trinajstić information content (AvgIpc) is 3.60. The van der Waals surface area contributed by atoms with Crippen LogP contribution in [0.25, 0.3) is 16.5 Å². The Hall–Kier alpha value is -3.69. The van der Waals surface area contributed by atoms with Gasteiger partial charge in [-0.15, -0.1) is 5.10 Å². The summed E-state index contributed by atoms with van der Waals surface area (Å²) in [4.78, 5) is 10.6. The maximum atomic E-state index is 13.3. The SMILES string of the molecule is Oc1c([C@@H](c2ccccc2)N2CCN(c3ccc(F)cc3)CC2)sc2nc(-c3ccco3)nn12. The predicted octanol–water partition coefficient (Wildman–Crippen LogP) is 4.81. The lowest BCUT2D eigenvalue weighted by Gasteiger charge is -2.40. The lowest BCUT2D eigenvalue weighted by molar-refractivity contribution is 0.211. The highest BCUT2D eigenvalue weighted by molar-refractivity contribution is 7.17. The number of aromatic nitrogens is 3. The van der Waals surface area contributed by atoms with Crippen LogP contribution in [0.15, 0.2) is 77.4 Å². The number of fused-ring (bicyclic) bond motifs is 1. The zero-order chi connectivity index (χ0) is 23.1. The van der Waals surface area contributed by atoms with Crippen molar-refractivity contribution in [2.24, 2.45) is 0 Å². The van der Waals surface area contributed by atoms with Crippen LogP contribution in [0.5, 0.6) is 5.88 Å². The Kier molecular flexibility index (Phi) is 5.27. The zero-order valence-corrected chi connectivity index (χ0v) is 19.0. The first-order valence-electron chi connectivity index (χ1n) is 11.1. The van der Waals surface area contributed by atoms with Crippen LogP contribution in [-0.4, -0.2) is 50.8 Å². The number of aromatic hydroxyl groups is 1. The van der Waals surface area contributed by atoms with Crippen molar-refractivity contribution in [3.63, 3.8) is 0 Å². The number of rotatable bonds is 5. The van der Waals surface area contributed by atoms with Gasteiger partial charge in [0.2, 0.25) is 16.7 Å². The van der Waals surface area contributed by atoms with E-state index in [1.807, 2.05) is 30.3 Å². The summed E-state index contributed by atoms with van der Waals surface area (Å²) in [5.41, 5.74) is 2.12. The summed E-state index contributed by atoms with van der Waals surface area (Å²) < 4.78 is 20.2. The Morgan fingerprint density at radius 3 is 2.38 bits per heavy atom. The van der Waals surface area contributed by atoms with Crippen molar-refractivity contribution in [2.45, 2.75) is 6.04 Å². The Morgan fingerprint density at radius 2 is 1.71 bits per heavy atom. The zero-order valence-electron chi connectivity index (χ0n) is 18.2. The predicted molar refractivity (Wildman–Crippen MR) is 129 cm³/mol. The minimum Gasteiger partial charge on any atom is -0.492 e. The first kappa shape index (κ1) is 20.9. The smallest absolute Gasteiger partial charge is 0.230 e. The molecule has 7 nitrogen and oxygen atoms in total. The largest absolute Gasteiger partial charge is 0.492 e. The normalized spacial score (nSPS) is 15.7. The van der Waals surface area contributed by atoms with E-state index in [2.05, 4.69) is 32.0 Å². The van der Waals surface area contributed by atoms with Gasteiger partial charge in [-0.05, 0) is 42.0 Å². The van der Waals surface area contributed by atoms with E-state index >= 15 is 0 Å². The van der Waals surface area contributed by atoms with E-state index in [9.17, 15) is 9.50 Å². The lowest BCUT2D eigenvalue weighted by Crippen LogP contribution is -2.47. The molecule has 1 N–H and O–H groups in total. The molecule has 0 amide bonds. The van der Waals surface area contributed by atoms with Crippen molar-refractivity contribution in [3.8, 4) is 17.5 Å². The van der Waals surface area contributed by atoms with Crippen molar-refractivity contribution in [1.29, 1.82) is 0 Å². The van der Waals surface area contributed by atoms with Gasteiger partial charge in [0.15, 0.2) is 5.76 Å². The summed E-state index contributed by atoms with van der Waals surface area (Å²) in [6, 6.07) is 20.3. The highest BCUT2D eigenvalue weighted by atomic mass is 32.1. The minimum atomic E-state index is -0.228. The fourth-order valence-electron chi connectivity index (χ4n) is 4.49. The second kappa shape index (κ2) is 8.58. The van der Waals surface area contributed by atoms with Crippen LogP contribution in [0.1, 0.15) is 16.5 Å². The number of hydrogen-bond donors (Lipinski definition) is 1. The third-order valence-electron chi connectivity index (χ3n) is 6.18. The summed E-state index contributed by atoms with van der Waals surface area (Å²) in [6.45, 7) is 3.20. The molecule has 1 saturated heterocycles. The molecule has 3 aromatic heterocycles. The molecule has 0 unspecified atom stereocenters. The topological polar surface area (TPSA) is 70.0 Å². The van der Waals surface area contributed by atoms with Crippen LogP contribution in [-0.2, 0) is 0 Å². The first-order chi connectivity index (χ1) is 16.7. The molecule has 0 radical (unpaired) electrons. The highest BCUT2D eigenvalue weighted by Crippen LogP contribution is 2.41. The fraction of sp³-hybridized carbons (Fsp3) is 0.200. The standard InChI is InChI=1S/C25H22FN5O2S/c26-18-8-10-19(11-9-18)29-12-14-30(15-13-29)21(17-5-2-1-3-6-17)22-24(32)31-25(34-22)27-23(28-31)20-7-4-16-33-20/h1-11,16,21,32H,12-15H2/t21-/m1/s1. The molecule has 0 aliphatic carbocycles. The molecule has 0 bridgehead atoms. The van der Waals surface area contributed by atoms with Gasteiger partial charge in [0.1, 0.15) is 5.82 Å². The Bertz CT molecular complexity index is 1390. The van der Waals surface area contributed by atoms with E-state index in [1.54, 1.807) is 18.4 Å². The summed E-state index contributed by atoms with van der Waals surface area (Å²) in [5.74, 6) is 0.879. The molecule has 1 atom stereocenters. The number of anilines is 1. The number of piperazine rings is 1. The second-order valence-electron chi connectivity index (χ2n) is 8.21.